The van der Waals surface area contributed by atoms with E-state index in [1.54, 1.807) is 12.1 Å². The summed E-state index contributed by atoms with van der Waals surface area (Å²) in [4.78, 5) is 13.3. The Morgan fingerprint density at radius 3 is 2.69 bits per heavy atom. The zero-order valence-corrected chi connectivity index (χ0v) is 9.11. The largest absolute Gasteiger partial charge is 0.386 e. The van der Waals surface area contributed by atoms with Gasteiger partial charge in [0.05, 0.1) is 24.3 Å². The maximum Gasteiger partial charge on any atom is 0.257 e. The minimum Gasteiger partial charge on any atom is -0.386 e. The first-order valence-corrected chi connectivity index (χ1v) is 5.32. The fourth-order valence-corrected chi connectivity index (χ4v) is 1.84. The SMILES string of the molecule is CCC1(O)CN(C(=O)c2ccccc2F)C1. The van der Waals surface area contributed by atoms with Crippen LogP contribution in [0.1, 0.15) is 23.7 Å². The maximum absolute atomic E-state index is 13.3. The highest BCUT2D eigenvalue weighted by atomic mass is 19.1. The maximum atomic E-state index is 13.3. The van der Waals surface area contributed by atoms with Crippen LogP contribution in [0.2, 0.25) is 0 Å². The summed E-state index contributed by atoms with van der Waals surface area (Å²) in [6.07, 6.45) is 0.605. The summed E-state index contributed by atoms with van der Waals surface area (Å²) >= 11 is 0. The summed E-state index contributed by atoms with van der Waals surface area (Å²) in [7, 11) is 0. The molecule has 1 heterocycles. The van der Waals surface area contributed by atoms with Gasteiger partial charge in [0, 0.05) is 0 Å². The molecule has 4 heteroatoms. The lowest BCUT2D eigenvalue weighted by Gasteiger charge is -2.46. The minimum atomic E-state index is -0.777. The molecule has 0 saturated carbocycles. The molecule has 0 aromatic heterocycles. The van der Waals surface area contributed by atoms with Crippen molar-refractivity contribution >= 4 is 5.91 Å². The van der Waals surface area contributed by atoms with E-state index in [-0.39, 0.29) is 24.6 Å². The van der Waals surface area contributed by atoms with Crippen LogP contribution in [0.15, 0.2) is 24.3 Å². The van der Waals surface area contributed by atoms with Crippen molar-refractivity contribution in [3.05, 3.63) is 35.6 Å². The first kappa shape index (κ1) is 11.1. The molecule has 0 unspecified atom stereocenters. The number of benzene rings is 1. The number of aliphatic hydroxyl groups is 1. The smallest absolute Gasteiger partial charge is 0.257 e. The van der Waals surface area contributed by atoms with Gasteiger partial charge in [-0.25, -0.2) is 4.39 Å². The number of carbonyl (C=O) groups is 1. The Bertz CT molecular complexity index is 413. The topological polar surface area (TPSA) is 40.5 Å². The van der Waals surface area contributed by atoms with Crippen LogP contribution in [-0.4, -0.2) is 34.6 Å². The fraction of sp³-hybridized carbons (Fsp3) is 0.417. The molecule has 0 atom stereocenters. The Hall–Kier alpha value is -1.42. The van der Waals surface area contributed by atoms with Crippen molar-refractivity contribution in [2.24, 2.45) is 0 Å². The summed E-state index contributed by atoms with van der Waals surface area (Å²) in [5, 5.41) is 9.77. The summed E-state index contributed by atoms with van der Waals surface area (Å²) in [5.41, 5.74) is -0.707. The van der Waals surface area contributed by atoms with Crippen LogP contribution in [0.3, 0.4) is 0 Å². The summed E-state index contributed by atoms with van der Waals surface area (Å²) in [6, 6.07) is 5.90. The zero-order chi connectivity index (χ0) is 11.8. The Labute approximate surface area is 93.5 Å². The second-order valence-corrected chi connectivity index (χ2v) is 4.22. The van der Waals surface area contributed by atoms with E-state index in [0.717, 1.165) is 0 Å². The van der Waals surface area contributed by atoms with Crippen LogP contribution in [0.5, 0.6) is 0 Å². The van der Waals surface area contributed by atoms with Gasteiger partial charge in [0.2, 0.25) is 0 Å². The predicted molar refractivity (Wildman–Crippen MR) is 57.5 cm³/mol. The van der Waals surface area contributed by atoms with Gasteiger partial charge in [0.15, 0.2) is 0 Å². The Balaban J connectivity index is 2.09. The van der Waals surface area contributed by atoms with Gasteiger partial charge in [0.1, 0.15) is 5.82 Å². The first-order valence-electron chi connectivity index (χ1n) is 5.32. The highest BCUT2D eigenvalue weighted by Gasteiger charge is 2.42. The van der Waals surface area contributed by atoms with Gasteiger partial charge < -0.3 is 10.0 Å². The number of hydrogen-bond donors (Lipinski definition) is 1. The Morgan fingerprint density at radius 1 is 1.50 bits per heavy atom. The van der Waals surface area contributed by atoms with Gasteiger partial charge in [-0.15, -0.1) is 0 Å². The number of hydrogen-bond acceptors (Lipinski definition) is 2. The van der Waals surface area contributed by atoms with Crippen LogP contribution in [0.25, 0.3) is 0 Å². The lowest BCUT2D eigenvalue weighted by molar-refractivity contribution is -0.0827. The summed E-state index contributed by atoms with van der Waals surface area (Å²) in [6.45, 7) is 2.44. The van der Waals surface area contributed by atoms with Gasteiger partial charge in [0.25, 0.3) is 5.91 Å². The summed E-state index contributed by atoms with van der Waals surface area (Å²) in [5.74, 6) is -0.865. The molecule has 1 aliphatic rings. The van der Waals surface area contributed by atoms with Crippen molar-refractivity contribution in [3.63, 3.8) is 0 Å². The molecule has 3 nitrogen and oxygen atoms in total. The number of halogens is 1. The highest BCUT2D eigenvalue weighted by molar-refractivity contribution is 5.95. The quantitative estimate of drug-likeness (QED) is 0.823. The van der Waals surface area contributed by atoms with E-state index in [2.05, 4.69) is 0 Å². The van der Waals surface area contributed by atoms with Crippen LogP contribution in [-0.2, 0) is 0 Å². The molecule has 0 aliphatic carbocycles. The van der Waals surface area contributed by atoms with E-state index in [1.807, 2.05) is 6.92 Å². The van der Waals surface area contributed by atoms with E-state index in [0.29, 0.717) is 6.42 Å². The molecule has 2 rings (SSSR count). The number of carbonyl (C=O) groups excluding carboxylic acids is 1. The van der Waals surface area contributed by atoms with Crippen molar-refractivity contribution < 1.29 is 14.3 Å². The molecule has 16 heavy (non-hydrogen) atoms. The number of nitrogens with zero attached hydrogens (tertiary/aromatic N) is 1. The predicted octanol–water partition coefficient (Wildman–Crippen LogP) is 1.42. The number of amides is 1. The average Bonchev–Trinajstić information content (AvgIpc) is 2.24. The molecule has 1 aromatic rings. The molecule has 1 N–H and O–H groups in total. The first-order chi connectivity index (χ1) is 7.56. The number of likely N-dealkylation sites (tertiary alicyclic amines) is 1. The fourth-order valence-electron chi connectivity index (χ4n) is 1.84. The third-order valence-corrected chi connectivity index (χ3v) is 3.02. The molecular weight excluding hydrogens is 209 g/mol. The molecule has 1 aliphatic heterocycles. The van der Waals surface area contributed by atoms with Crippen molar-refractivity contribution in [2.45, 2.75) is 18.9 Å². The molecule has 1 amide bonds. The summed E-state index contributed by atoms with van der Waals surface area (Å²) < 4.78 is 13.3. The second-order valence-electron chi connectivity index (χ2n) is 4.22. The number of rotatable bonds is 2. The van der Waals surface area contributed by atoms with E-state index in [1.165, 1.54) is 17.0 Å². The Morgan fingerprint density at radius 2 is 2.12 bits per heavy atom. The lowest BCUT2D eigenvalue weighted by Crippen LogP contribution is -2.63. The normalized spacial score (nSPS) is 18.1. The van der Waals surface area contributed by atoms with Crippen LogP contribution in [0, 0.1) is 5.82 Å². The average molecular weight is 223 g/mol. The van der Waals surface area contributed by atoms with E-state index in [9.17, 15) is 14.3 Å². The molecule has 0 radical (unpaired) electrons. The van der Waals surface area contributed by atoms with Crippen molar-refractivity contribution in [1.82, 2.24) is 4.90 Å². The van der Waals surface area contributed by atoms with Crippen molar-refractivity contribution in [1.29, 1.82) is 0 Å². The van der Waals surface area contributed by atoms with Gasteiger partial charge in [-0.05, 0) is 18.6 Å². The highest BCUT2D eigenvalue weighted by Crippen LogP contribution is 2.26. The van der Waals surface area contributed by atoms with Crippen molar-refractivity contribution in [2.75, 3.05) is 13.1 Å². The Kier molecular flexibility index (Phi) is 2.68. The van der Waals surface area contributed by atoms with E-state index in [4.69, 9.17) is 0 Å². The van der Waals surface area contributed by atoms with Crippen molar-refractivity contribution in [3.8, 4) is 0 Å². The van der Waals surface area contributed by atoms with Gasteiger partial charge in [-0.1, -0.05) is 19.1 Å². The second kappa shape index (κ2) is 3.87. The molecule has 0 bridgehead atoms. The molecule has 1 saturated heterocycles. The molecule has 86 valence electrons. The van der Waals surface area contributed by atoms with E-state index >= 15 is 0 Å². The lowest BCUT2D eigenvalue weighted by atomic mass is 9.90. The minimum absolute atomic E-state index is 0.0700. The monoisotopic (exact) mass is 223 g/mol. The third kappa shape index (κ3) is 1.80. The molecular formula is C12H14FNO2. The third-order valence-electron chi connectivity index (χ3n) is 3.02. The van der Waals surface area contributed by atoms with E-state index < -0.39 is 11.4 Å². The standard InChI is InChI=1S/C12H14FNO2/c1-2-12(16)7-14(8-12)11(15)9-5-3-4-6-10(9)13/h3-6,16H,2,7-8H2,1H3. The molecule has 1 aromatic carbocycles. The molecule has 1 fully saturated rings. The van der Waals surface area contributed by atoms with Gasteiger partial charge in [-0.3, -0.25) is 4.79 Å². The van der Waals surface area contributed by atoms with Gasteiger partial charge >= 0.3 is 0 Å². The number of β-amino-alcohol motifs (C(OH)–C–C–N with tert-alkyl or cyclic N) is 1. The van der Waals surface area contributed by atoms with Crippen LogP contribution >= 0.6 is 0 Å². The zero-order valence-electron chi connectivity index (χ0n) is 9.11. The molecule has 0 spiro atoms. The van der Waals surface area contributed by atoms with Crippen LogP contribution < -0.4 is 0 Å². The van der Waals surface area contributed by atoms with Crippen LogP contribution in [0.4, 0.5) is 4.39 Å². The van der Waals surface area contributed by atoms with Gasteiger partial charge in [-0.2, -0.15) is 0 Å².